The predicted octanol–water partition coefficient (Wildman–Crippen LogP) is 1.78. The van der Waals surface area contributed by atoms with Crippen LogP contribution in [0.15, 0.2) is 24.3 Å². The molecule has 0 saturated heterocycles. The third-order valence-corrected chi connectivity index (χ3v) is 1.40. The van der Waals surface area contributed by atoms with E-state index in [1.54, 1.807) is 24.3 Å². The van der Waals surface area contributed by atoms with E-state index >= 15 is 0 Å². The molecule has 0 amide bonds. The Kier molecular flexibility index (Phi) is 5.84. The fourth-order valence-corrected chi connectivity index (χ4v) is 0.851. The number of carboxylic acid groups (broad SMARTS) is 1. The molecule has 2 nitrogen and oxygen atoms in total. The Balaban J connectivity index is 0.00000144. The zero-order valence-electron chi connectivity index (χ0n) is 7.03. The summed E-state index contributed by atoms with van der Waals surface area (Å²) in [5, 5.41) is 8.43. The second kappa shape index (κ2) is 6.06. The number of carbonyl (C=O) groups is 1. The van der Waals surface area contributed by atoms with Crippen LogP contribution in [-0.4, -0.2) is 11.1 Å². The maximum atomic E-state index is 10.3. The van der Waals surface area contributed by atoms with Gasteiger partial charge in [-0.25, -0.2) is 12.1 Å². The van der Waals surface area contributed by atoms with Crippen LogP contribution in [0.1, 0.15) is 12.0 Å². The molecule has 65 valence electrons. The van der Waals surface area contributed by atoms with Gasteiger partial charge in [-0.1, -0.05) is 0 Å². The van der Waals surface area contributed by atoms with Crippen molar-refractivity contribution in [1.29, 1.82) is 0 Å². The molecule has 0 atom stereocenters. The Hall–Kier alpha value is -0.466. The molecule has 0 aliphatic rings. The van der Waals surface area contributed by atoms with Crippen LogP contribution in [0.5, 0.6) is 0 Å². The fraction of sp³-hybridized carbons (Fsp3) is 0.100. The van der Waals surface area contributed by atoms with Crippen LogP contribution in [0.2, 0.25) is 0 Å². The van der Waals surface area contributed by atoms with Crippen LogP contribution in [0.3, 0.4) is 0 Å². The average molecular weight is 249 g/mol. The Morgan fingerprint density at radius 1 is 1.54 bits per heavy atom. The van der Waals surface area contributed by atoms with Crippen LogP contribution in [0.4, 0.5) is 0 Å². The van der Waals surface area contributed by atoms with Gasteiger partial charge in [0.15, 0.2) is 0 Å². The van der Waals surface area contributed by atoms with Crippen molar-refractivity contribution in [2.24, 2.45) is 0 Å². The van der Waals surface area contributed by atoms with E-state index in [0.717, 1.165) is 0 Å². The number of hydrogen-bond acceptors (Lipinski definition) is 1. The van der Waals surface area contributed by atoms with Gasteiger partial charge in [0.25, 0.3) is 5.97 Å². The number of rotatable bonds is 3. The molecule has 1 aromatic rings. The summed E-state index contributed by atoms with van der Waals surface area (Å²) in [4.78, 5) is 10.3. The smallest absolute Gasteiger partial charge is 0.295 e. The minimum absolute atomic E-state index is 0. The van der Waals surface area contributed by atoms with Gasteiger partial charge in [-0.15, -0.1) is 6.07 Å². The number of benzene rings is 1. The molecule has 0 spiro atoms. The first kappa shape index (κ1) is 12.5. The molecule has 1 aromatic carbocycles. The topological polar surface area (TPSA) is 37.3 Å². The molecule has 0 aromatic heterocycles. The van der Waals surface area contributed by atoms with E-state index < -0.39 is 5.97 Å². The zero-order valence-corrected chi connectivity index (χ0v) is 9.86. The SMILES string of the molecule is [CH-]=C(CC(=O)O)c1[c-]cccc1.[Y]. The minimum Gasteiger partial charge on any atom is -0.482 e. The fourth-order valence-electron chi connectivity index (χ4n) is 0.851. The van der Waals surface area contributed by atoms with Crippen LogP contribution in [0, 0.1) is 12.6 Å². The van der Waals surface area contributed by atoms with Crippen molar-refractivity contribution in [2.45, 2.75) is 6.42 Å². The van der Waals surface area contributed by atoms with Gasteiger partial charge in [0, 0.05) is 39.1 Å². The van der Waals surface area contributed by atoms with E-state index in [1.807, 2.05) is 0 Å². The first-order valence-electron chi connectivity index (χ1n) is 3.50. The monoisotopic (exact) mass is 249 g/mol. The van der Waals surface area contributed by atoms with Crippen molar-refractivity contribution in [1.82, 2.24) is 0 Å². The van der Waals surface area contributed by atoms with Gasteiger partial charge in [-0.3, -0.25) is 10.4 Å². The van der Waals surface area contributed by atoms with Gasteiger partial charge in [-0.2, -0.15) is 12.1 Å². The molecule has 1 radical (unpaired) electrons. The minimum atomic E-state index is -0.926. The maximum Gasteiger partial charge on any atom is 0.295 e. The first-order chi connectivity index (χ1) is 5.70. The van der Waals surface area contributed by atoms with Crippen molar-refractivity contribution in [2.75, 3.05) is 0 Å². The van der Waals surface area contributed by atoms with Crippen molar-refractivity contribution in [3.63, 3.8) is 0 Å². The molecule has 0 unspecified atom stereocenters. The van der Waals surface area contributed by atoms with Gasteiger partial charge in [-0.05, 0) is 0 Å². The molecule has 3 heteroatoms. The Bertz CT molecular complexity index is 293. The summed E-state index contributed by atoms with van der Waals surface area (Å²) in [6.07, 6.45) is -0.138. The Morgan fingerprint density at radius 3 is 2.69 bits per heavy atom. The van der Waals surface area contributed by atoms with Gasteiger partial charge < -0.3 is 17.2 Å². The summed E-state index contributed by atoms with van der Waals surface area (Å²) in [6.45, 7) is 5.50. The molecule has 0 aliphatic heterocycles. The molecule has 0 aliphatic carbocycles. The number of hydrogen-bond donors (Lipinski definition) is 1. The van der Waals surface area contributed by atoms with Crippen LogP contribution >= 0.6 is 0 Å². The van der Waals surface area contributed by atoms with Gasteiger partial charge in [0.1, 0.15) is 0 Å². The van der Waals surface area contributed by atoms with E-state index in [4.69, 9.17) is 11.7 Å². The van der Waals surface area contributed by atoms with Crippen LogP contribution < -0.4 is 0 Å². The summed E-state index contributed by atoms with van der Waals surface area (Å²) >= 11 is 0. The second-order valence-electron chi connectivity index (χ2n) is 2.37. The Labute approximate surface area is 103 Å². The van der Waals surface area contributed by atoms with E-state index in [0.29, 0.717) is 11.1 Å². The van der Waals surface area contributed by atoms with Gasteiger partial charge in [0.2, 0.25) is 0 Å². The second-order valence-corrected chi connectivity index (χ2v) is 2.37. The van der Waals surface area contributed by atoms with Crippen molar-refractivity contribution < 1.29 is 42.6 Å². The maximum absolute atomic E-state index is 10.3. The third kappa shape index (κ3) is 4.34. The van der Waals surface area contributed by atoms with Gasteiger partial charge in [0.05, 0.1) is 0 Å². The molecule has 1 N–H and O–H groups in total. The summed E-state index contributed by atoms with van der Waals surface area (Å²) in [5.74, 6) is -0.926. The van der Waals surface area contributed by atoms with E-state index in [1.165, 1.54) is 0 Å². The van der Waals surface area contributed by atoms with E-state index in [9.17, 15) is 4.79 Å². The summed E-state index contributed by atoms with van der Waals surface area (Å²) in [6, 6.07) is 9.88. The normalized spacial score (nSPS) is 8.62. The van der Waals surface area contributed by atoms with Crippen LogP contribution in [-0.2, 0) is 37.5 Å². The van der Waals surface area contributed by atoms with Gasteiger partial charge >= 0.3 is 0 Å². The van der Waals surface area contributed by atoms with Crippen molar-refractivity contribution in [3.8, 4) is 0 Å². The van der Waals surface area contributed by atoms with Crippen LogP contribution in [0.25, 0.3) is 5.57 Å². The average Bonchev–Trinajstić information content (AvgIpc) is 2.05. The largest absolute Gasteiger partial charge is 0.482 e. The van der Waals surface area contributed by atoms with Crippen molar-refractivity contribution >= 4 is 11.5 Å². The first-order valence-corrected chi connectivity index (χ1v) is 3.50. The molecule has 0 fully saturated rings. The molecule has 0 heterocycles. The zero-order chi connectivity index (χ0) is 8.97. The summed E-state index contributed by atoms with van der Waals surface area (Å²) < 4.78 is 0. The molecule has 0 bridgehead atoms. The van der Waals surface area contributed by atoms with E-state index in [-0.39, 0.29) is 39.1 Å². The molecule has 13 heavy (non-hydrogen) atoms. The molecule has 1 rings (SSSR count). The summed E-state index contributed by atoms with van der Waals surface area (Å²) in [7, 11) is 0. The quantitative estimate of drug-likeness (QED) is 0.829. The third-order valence-electron chi connectivity index (χ3n) is 1.40. The Morgan fingerprint density at radius 2 is 2.23 bits per heavy atom. The standard InChI is InChI=1S/C10H8O2.Y/c1-8(7-10(11)12)9-5-3-2-4-6-9;/h1-5H,7H2,(H,11,12);/q-2;. The predicted molar refractivity (Wildman–Crippen MR) is 45.2 cm³/mol. The van der Waals surface area contributed by atoms with E-state index in [2.05, 4.69) is 6.07 Å². The molecule has 0 saturated carbocycles. The summed E-state index contributed by atoms with van der Waals surface area (Å²) in [5.41, 5.74) is 0.989. The number of aliphatic carboxylic acids is 1. The molecular formula is C10H8O2Y-2. The number of carboxylic acids is 1. The van der Waals surface area contributed by atoms with Crippen molar-refractivity contribution in [3.05, 3.63) is 42.5 Å². The molecular weight excluding hydrogens is 241 g/mol.